The van der Waals surface area contributed by atoms with Crippen LogP contribution in [0.4, 0.5) is 5.69 Å². The Morgan fingerprint density at radius 2 is 1.76 bits per heavy atom. The number of fused-ring (bicyclic) bond motifs is 1. The molecule has 4 rings (SSSR count). The number of carbonyl (C=O) groups excluding carboxylic acids is 1. The Morgan fingerprint density at radius 1 is 1.06 bits per heavy atom. The lowest BCUT2D eigenvalue weighted by Crippen LogP contribution is -2.49. The molecular formula is C24H27N3O6S. The minimum absolute atomic E-state index is 0.0719. The van der Waals surface area contributed by atoms with Gasteiger partial charge in [-0.15, -0.1) is 0 Å². The van der Waals surface area contributed by atoms with Crippen LogP contribution < -0.4 is 20.4 Å². The molecule has 1 aromatic heterocycles. The van der Waals surface area contributed by atoms with Gasteiger partial charge in [0.1, 0.15) is 11.3 Å². The molecule has 34 heavy (non-hydrogen) atoms. The number of ether oxygens (including phenoxy) is 1. The van der Waals surface area contributed by atoms with Gasteiger partial charge in [-0.05, 0) is 42.8 Å². The molecule has 10 heteroatoms. The highest BCUT2D eigenvalue weighted by atomic mass is 32.2. The fourth-order valence-corrected chi connectivity index (χ4v) is 5.39. The highest BCUT2D eigenvalue weighted by Crippen LogP contribution is 2.21. The quantitative estimate of drug-likeness (QED) is 0.487. The number of para-hydroxylation sites is 1. The van der Waals surface area contributed by atoms with E-state index in [0.29, 0.717) is 37.1 Å². The first kappa shape index (κ1) is 23.8. The zero-order valence-corrected chi connectivity index (χ0v) is 19.7. The van der Waals surface area contributed by atoms with Crippen molar-refractivity contribution in [3.8, 4) is 5.75 Å². The molecule has 3 aromatic rings. The van der Waals surface area contributed by atoms with Crippen molar-refractivity contribution < 1.29 is 22.4 Å². The van der Waals surface area contributed by atoms with Gasteiger partial charge in [0.2, 0.25) is 10.0 Å². The van der Waals surface area contributed by atoms with Crippen LogP contribution in [-0.2, 0) is 10.0 Å². The number of nitrogens with one attached hydrogen (secondary N) is 1. The summed E-state index contributed by atoms with van der Waals surface area (Å²) >= 11 is 0. The molecule has 0 spiro atoms. The van der Waals surface area contributed by atoms with Crippen LogP contribution in [0.15, 0.2) is 63.8 Å². The summed E-state index contributed by atoms with van der Waals surface area (Å²) in [4.78, 5) is 26.7. The van der Waals surface area contributed by atoms with Gasteiger partial charge in [-0.1, -0.05) is 12.1 Å². The molecule has 2 aromatic carbocycles. The fraction of sp³-hybridized carbons (Fsp3) is 0.333. The molecule has 1 amide bonds. The van der Waals surface area contributed by atoms with Crippen molar-refractivity contribution in [2.24, 2.45) is 0 Å². The summed E-state index contributed by atoms with van der Waals surface area (Å²) in [5, 5.41) is 3.03. The third-order valence-electron chi connectivity index (χ3n) is 5.79. The normalized spacial score (nSPS) is 14.8. The Kier molecular flexibility index (Phi) is 7.18. The second kappa shape index (κ2) is 10.3. The van der Waals surface area contributed by atoms with E-state index in [0.717, 1.165) is 17.5 Å². The monoisotopic (exact) mass is 485 g/mol. The standard InChI is InChI=1S/C24H27N3O6S/c1-32-19-9-7-18(8-10-19)26-12-14-27(15-13-26)34(30,31)16-4-11-25-24(29)23-17-21(28)20-5-2-3-6-22(20)33-23/h2-3,5-10,17H,4,11-16H2,1H3,(H,25,29). The Hall–Kier alpha value is -3.37. The summed E-state index contributed by atoms with van der Waals surface area (Å²) in [7, 11) is -1.82. The molecule has 180 valence electrons. The number of rotatable bonds is 8. The number of carbonyl (C=O) groups is 1. The molecule has 2 heterocycles. The Balaban J connectivity index is 1.25. The molecule has 0 radical (unpaired) electrons. The maximum Gasteiger partial charge on any atom is 0.287 e. The van der Waals surface area contributed by atoms with Crippen molar-refractivity contribution in [1.29, 1.82) is 0 Å². The van der Waals surface area contributed by atoms with Crippen LogP contribution in [0, 0.1) is 0 Å². The van der Waals surface area contributed by atoms with E-state index in [1.807, 2.05) is 24.3 Å². The van der Waals surface area contributed by atoms with Gasteiger partial charge in [0.25, 0.3) is 5.91 Å². The van der Waals surface area contributed by atoms with E-state index < -0.39 is 15.9 Å². The number of piperazine rings is 1. The Bertz CT molecular complexity index is 1310. The van der Waals surface area contributed by atoms with Crippen molar-refractivity contribution in [2.75, 3.05) is 50.5 Å². The van der Waals surface area contributed by atoms with Crippen molar-refractivity contribution >= 4 is 32.6 Å². The predicted molar refractivity (Wildman–Crippen MR) is 130 cm³/mol. The van der Waals surface area contributed by atoms with Gasteiger partial charge in [0.05, 0.1) is 18.2 Å². The van der Waals surface area contributed by atoms with E-state index in [1.54, 1.807) is 31.4 Å². The maximum absolute atomic E-state index is 12.7. The van der Waals surface area contributed by atoms with Crippen LogP contribution in [0.1, 0.15) is 17.0 Å². The average molecular weight is 486 g/mol. The summed E-state index contributed by atoms with van der Waals surface area (Å²) in [5.74, 6) is 0.0617. The van der Waals surface area contributed by atoms with Gasteiger partial charge >= 0.3 is 0 Å². The Morgan fingerprint density at radius 3 is 2.47 bits per heavy atom. The van der Waals surface area contributed by atoms with E-state index in [-0.39, 0.29) is 29.9 Å². The topological polar surface area (TPSA) is 109 Å². The van der Waals surface area contributed by atoms with Gasteiger partial charge in [-0.25, -0.2) is 8.42 Å². The Labute approximate surface area is 198 Å². The molecule has 9 nitrogen and oxygen atoms in total. The lowest BCUT2D eigenvalue weighted by molar-refractivity contribution is 0.0926. The predicted octanol–water partition coefficient (Wildman–Crippen LogP) is 2.07. The minimum atomic E-state index is -3.44. The number of benzene rings is 2. The SMILES string of the molecule is COc1ccc(N2CCN(S(=O)(=O)CCCNC(=O)c3cc(=O)c4ccccc4o3)CC2)cc1. The van der Waals surface area contributed by atoms with Crippen LogP contribution in [0.2, 0.25) is 0 Å². The van der Waals surface area contributed by atoms with Gasteiger partial charge < -0.3 is 19.4 Å². The van der Waals surface area contributed by atoms with Gasteiger partial charge in [0, 0.05) is 44.5 Å². The summed E-state index contributed by atoms with van der Waals surface area (Å²) in [6.45, 7) is 2.17. The number of amides is 1. The molecule has 0 bridgehead atoms. The molecule has 0 unspecified atom stereocenters. The number of sulfonamides is 1. The zero-order chi connectivity index (χ0) is 24.1. The molecule has 0 atom stereocenters. The van der Waals surface area contributed by atoms with Gasteiger partial charge in [-0.3, -0.25) is 9.59 Å². The third-order valence-corrected chi connectivity index (χ3v) is 7.75. The van der Waals surface area contributed by atoms with Crippen molar-refractivity contribution in [3.63, 3.8) is 0 Å². The summed E-state index contributed by atoms with van der Waals surface area (Å²) in [6, 6.07) is 15.5. The van der Waals surface area contributed by atoms with Crippen molar-refractivity contribution in [2.45, 2.75) is 6.42 Å². The lowest BCUT2D eigenvalue weighted by atomic mass is 10.2. The van der Waals surface area contributed by atoms with E-state index >= 15 is 0 Å². The van der Waals surface area contributed by atoms with Crippen LogP contribution >= 0.6 is 0 Å². The van der Waals surface area contributed by atoms with E-state index in [2.05, 4.69) is 10.2 Å². The zero-order valence-electron chi connectivity index (χ0n) is 18.9. The van der Waals surface area contributed by atoms with Crippen molar-refractivity contribution in [3.05, 3.63) is 70.6 Å². The first-order chi connectivity index (χ1) is 16.4. The summed E-state index contributed by atoms with van der Waals surface area (Å²) in [5.41, 5.74) is 1.06. The largest absolute Gasteiger partial charge is 0.497 e. The van der Waals surface area contributed by atoms with E-state index in [9.17, 15) is 18.0 Å². The fourth-order valence-electron chi connectivity index (χ4n) is 3.91. The maximum atomic E-state index is 12.7. The number of nitrogens with zero attached hydrogens (tertiary/aromatic N) is 2. The molecule has 0 aliphatic carbocycles. The van der Waals surface area contributed by atoms with E-state index in [4.69, 9.17) is 9.15 Å². The average Bonchev–Trinajstić information content (AvgIpc) is 2.86. The molecule has 1 fully saturated rings. The summed E-state index contributed by atoms with van der Waals surface area (Å²) < 4.78 is 37.7. The van der Waals surface area contributed by atoms with Crippen LogP contribution in [0.3, 0.4) is 0 Å². The first-order valence-corrected chi connectivity index (χ1v) is 12.7. The van der Waals surface area contributed by atoms with Crippen LogP contribution in [0.25, 0.3) is 11.0 Å². The first-order valence-electron chi connectivity index (χ1n) is 11.1. The van der Waals surface area contributed by atoms with E-state index in [1.165, 1.54) is 4.31 Å². The lowest BCUT2D eigenvalue weighted by Gasteiger charge is -2.35. The molecule has 1 aliphatic heterocycles. The summed E-state index contributed by atoms with van der Waals surface area (Å²) in [6.07, 6.45) is 0.255. The highest BCUT2D eigenvalue weighted by Gasteiger charge is 2.26. The van der Waals surface area contributed by atoms with Crippen LogP contribution in [0.5, 0.6) is 5.75 Å². The second-order valence-corrected chi connectivity index (χ2v) is 10.1. The molecule has 1 N–H and O–H groups in total. The molecule has 1 aliphatic rings. The molecular weight excluding hydrogens is 458 g/mol. The number of methoxy groups -OCH3 is 1. The third kappa shape index (κ3) is 5.40. The molecule has 0 saturated carbocycles. The van der Waals surface area contributed by atoms with Gasteiger partial charge in [-0.2, -0.15) is 4.31 Å². The number of anilines is 1. The van der Waals surface area contributed by atoms with Crippen LogP contribution in [-0.4, -0.2) is 64.2 Å². The highest BCUT2D eigenvalue weighted by molar-refractivity contribution is 7.89. The second-order valence-electron chi connectivity index (χ2n) is 7.98. The smallest absolute Gasteiger partial charge is 0.287 e. The van der Waals surface area contributed by atoms with Gasteiger partial charge in [0.15, 0.2) is 11.2 Å². The number of hydrogen-bond acceptors (Lipinski definition) is 7. The molecule has 1 saturated heterocycles. The minimum Gasteiger partial charge on any atom is -0.497 e. The van der Waals surface area contributed by atoms with Crippen molar-refractivity contribution in [1.82, 2.24) is 9.62 Å². The number of hydrogen-bond donors (Lipinski definition) is 1.